The maximum Gasteiger partial charge on any atom is 0.251 e. The third-order valence-corrected chi connectivity index (χ3v) is 1.10. The largest absolute Gasteiger partial charge is 0.336 e. The summed E-state index contributed by atoms with van der Waals surface area (Å²) in [5, 5.41) is 0. The highest BCUT2D eigenvalue weighted by Gasteiger charge is 1.83. The Morgan fingerprint density at radius 2 is 2.00 bits per heavy atom. The minimum Gasteiger partial charge on any atom is -0.336 e. The van der Waals surface area contributed by atoms with Crippen molar-refractivity contribution in [1.82, 2.24) is 9.97 Å². The van der Waals surface area contributed by atoms with Crippen molar-refractivity contribution >= 4 is 12.2 Å². The van der Waals surface area contributed by atoms with Crippen molar-refractivity contribution in [3.05, 3.63) is 40.0 Å². The van der Waals surface area contributed by atoms with Gasteiger partial charge in [0.15, 0.2) is 4.77 Å². The van der Waals surface area contributed by atoms with Crippen LogP contribution in [0, 0.1) is 11.7 Å². The van der Waals surface area contributed by atoms with E-state index in [1.54, 1.807) is 6.92 Å². The molecular weight excluding hydrogens is 160 g/mol. The molecule has 3 nitrogen and oxygen atoms in total. The molecule has 1 aromatic rings. The molecule has 0 aromatic carbocycles. The Balaban J connectivity index is 0.000000461. The number of hydrogen-bond acceptors (Lipinski definition) is 2. The lowest BCUT2D eigenvalue weighted by atomic mass is 10.5. The highest BCUT2D eigenvalue weighted by Crippen LogP contribution is 1.81. The van der Waals surface area contributed by atoms with Crippen molar-refractivity contribution in [3.63, 3.8) is 0 Å². The number of hydrogen-bond donors (Lipinski definition) is 2. The van der Waals surface area contributed by atoms with Crippen LogP contribution in [0.15, 0.2) is 24.0 Å². The van der Waals surface area contributed by atoms with Crippen LogP contribution in [0.3, 0.4) is 0 Å². The van der Waals surface area contributed by atoms with Gasteiger partial charge in [0.25, 0.3) is 5.56 Å². The number of aromatic nitrogens is 2. The standard InChI is InChI=1S/C5H6N2OS.C2H4/c1-3-2-4(8)7-5(9)6-3;1-2/h2H,1H3,(H2,6,7,8,9);1-2H2. The molecule has 0 saturated heterocycles. The zero-order valence-electron chi connectivity index (χ0n) is 6.31. The predicted octanol–water partition coefficient (Wildman–Crippen LogP) is 1.54. The van der Waals surface area contributed by atoms with Crippen molar-refractivity contribution in [2.24, 2.45) is 0 Å². The van der Waals surface area contributed by atoms with Crippen LogP contribution in [0.1, 0.15) is 5.69 Å². The Kier molecular flexibility index (Phi) is 4.14. The summed E-state index contributed by atoms with van der Waals surface area (Å²) in [7, 11) is 0. The number of nitrogens with one attached hydrogen (secondary N) is 2. The quantitative estimate of drug-likeness (QED) is 0.458. The van der Waals surface area contributed by atoms with Gasteiger partial charge < -0.3 is 4.98 Å². The average Bonchev–Trinajstić information content (AvgIpc) is 1.88. The summed E-state index contributed by atoms with van der Waals surface area (Å²) in [4.78, 5) is 15.8. The second-order valence-corrected chi connectivity index (χ2v) is 2.18. The fourth-order valence-corrected chi connectivity index (χ4v) is 0.853. The zero-order chi connectivity index (χ0) is 8.85. The van der Waals surface area contributed by atoms with Gasteiger partial charge in [0.1, 0.15) is 0 Å². The molecule has 0 spiro atoms. The molecule has 1 rings (SSSR count). The van der Waals surface area contributed by atoms with E-state index in [4.69, 9.17) is 0 Å². The van der Waals surface area contributed by atoms with Gasteiger partial charge in [-0.25, -0.2) is 0 Å². The van der Waals surface area contributed by atoms with E-state index in [1.165, 1.54) is 6.07 Å². The molecule has 0 radical (unpaired) electrons. The van der Waals surface area contributed by atoms with Gasteiger partial charge in [-0.05, 0) is 19.1 Å². The zero-order valence-corrected chi connectivity index (χ0v) is 7.12. The Bertz CT molecular complexity index is 297. The molecule has 0 saturated carbocycles. The molecule has 0 unspecified atom stereocenters. The van der Waals surface area contributed by atoms with E-state index in [0.717, 1.165) is 5.69 Å². The molecule has 0 aliphatic carbocycles. The second kappa shape index (κ2) is 4.62. The van der Waals surface area contributed by atoms with Gasteiger partial charge in [0.2, 0.25) is 0 Å². The predicted molar refractivity (Wildman–Crippen MR) is 48.2 cm³/mol. The first kappa shape index (κ1) is 9.84. The lowest BCUT2D eigenvalue weighted by Crippen LogP contribution is -2.05. The fraction of sp³-hybridized carbons (Fsp3) is 0.143. The average molecular weight is 170 g/mol. The lowest BCUT2D eigenvalue weighted by molar-refractivity contribution is 1.04. The van der Waals surface area contributed by atoms with E-state index in [0.29, 0.717) is 4.77 Å². The van der Waals surface area contributed by atoms with E-state index in [2.05, 4.69) is 35.3 Å². The Labute approximate surface area is 69.8 Å². The summed E-state index contributed by atoms with van der Waals surface area (Å²) in [6.45, 7) is 7.78. The van der Waals surface area contributed by atoms with E-state index in [9.17, 15) is 4.79 Å². The van der Waals surface area contributed by atoms with E-state index in [-0.39, 0.29) is 5.56 Å². The summed E-state index contributed by atoms with van der Waals surface area (Å²) in [6.07, 6.45) is 0. The molecule has 0 bridgehead atoms. The van der Waals surface area contributed by atoms with Crippen molar-refractivity contribution in [2.75, 3.05) is 0 Å². The van der Waals surface area contributed by atoms with Gasteiger partial charge in [-0.3, -0.25) is 9.78 Å². The lowest BCUT2D eigenvalue weighted by Gasteiger charge is -1.87. The number of aryl methyl sites for hydroxylation is 1. The maximum atomic E-state index is 10.6. The van der Waals surface area contributed by atoms with E-state index < -0.39 is 0 Å². The molecule has 0 fully saturated rings. The smallest absolute Gasteiger partial charge is 0.251 e. The van der Waals surface area contributed by atoms with Crippen LogP contribution in [0.25, 0.3) is 0 Å². The molecule has 1 heterocycles. The molecule has 60 valence electrons. The van der Waals surface area contributed by atoms with Crippen LogP contribution in [0.4, 0.5) is 0 Å². The molecular formula is C7H10N2OS. The highest BCUT2D eigenvalue weighted by molar-refractivity contribution is 7.71. The number of rotatable bonds is 0. The summed E-state index contributed by atoms with van der Waals surface area (Å²) in [5.41, 5.74) is 0.625. The summed E-state index contributed by atoms with van der Waals surface area (Å²) in [6, 6.07) is 1.45. The second-order valence-electron chi connectivity index (χ2n) is 1.77. The van der Waals surface area contributed by atoms with E-state index in [1.807, 2.05) is 0 Å². The van der Waals surface area contributed by atoms with E-state index >= 15 is 0 Å². The highest BCUT2D eigenvalue weighted by atomic mass is 32.1. The molecule has 11 heavy (non-hydrogen) atoms. The van der Waals surface area contributed by atoms with Crippen LogP contribution < -0.4 is 5.56 Å². The van der Waals surface area contributed by atoms with Gasteiger partial charge in [-0.15, -0.1) is 13.2 Å². The van der Waals surface area contributed by atoms with Crippen LogP contribution in [0.2, 0.25) is 0 Å². The Morgan fingerprint density at radius 3 is 2.36 bits per heavy atom. The third kappa shape index (κ3) is 3.52. The fourth-order valence-electron chi connectivity index (χ4n) is 0.591. The van der Waals surface area contributed by atoms with Gasteiger partial charge >= 0.3 is 0 Å². The normalized spacial score (nSPS) is 8.09. The van der Waals surface area contributed by atoms with Crippen molar-refractivity contribution in [3.8, 4) is 0 Å². The minimum absolute atomic E-state index is 0.156. The Hall–Kier alpha value is -1.16. The van der Waals surface area contributed by atoms with Crippen LogP contribution in [-0.4, -0.2) is 9.97 Å². The topological polar surface area (TPSA) is 48.6 Å². The summed E-state index contributed by atoms with van der Waals surface area (Å²) in [5.74, 6) is 0. The van der Waals surface area contributed by atoms with Crippen LogP contribution in [-0.2, 0) is 0 Å². The van der Waals surface area contributed by atoms with Crippen LogP contribution in [0.5, 0.6) is 0 Å². The monoisotopic (exact) mass is 170 g/mol. The van der Waals surface area contributed by atoms with Crippen molar-refractivity contribution in [1.29, 1.82) is 0 Å². The molecule has 2 N–H and O–H groups in total. The molecule has 4 heteroatoms. The van der Waals surface area contributed by atoms with Crippen molar-refractivity contribution < 1.29 is 0 Å². The number of aromatic amines is 2. The summed E-state index contributed by atoms with van der Waals surface area (Å²) < 4.78 is 0.375. The van der Waals surface area contributed by atoms with Gasteiger partial charge in [-0.1, -0.05) is 0 Å². The van der Waals surface area contributed by atoms with Gasteiger partial charge in [-0.2, -0.15) is 0 Å². The molecule has 1 aromatic heterocycles. The first-order valence-electron chi connectivity index (χ1n) is 2.99. The Morgan fingerprint density at radius 1 is 1.45 bits per heavy atom. The third-order valence-electron chi connectivity index (χ3n) is 0.895. The summed E-state index contributed by atoms with van der Waals surface area (Å²) >= 11 is 4.68. The molecule has 0 aliphatic rings. The van der Waals surface area contributed by atoms with Gasteiger partial charge in [0, 0.05) is 11.8 Å². The minimum atomic E-state index is -0.156. The number of H-pyrrole nitrogens is 2. The molecule has 0 amide bonds. The first-order valence-corrected chi connectivity index (χ1v) is 3.39. The van der Waals surface area contributed by atoms with Crippen molar-refractivity contribution in [2.45, 2.75) is 6.92 Å². The SMILES string of the molecule is C=C.Cc1cc(=O)[nH]c(=S)[nH]1. The molecule has 0 aliphatic heterocycles. The first-order chi connectivity index (χ1) is 5.18. The molecule has 0 atom stereocenters. The van der Waals surface area contributed by atoms with Gasteiger partial charge in [0.05, 0.1) is 0 Å². The van der Waals surface area contributed by atoms with Crippen LogP contribution >= 0.6 is 12.2 Å². The maximum absolute atomic E-state index is 10.6.